The number of rotatable bonds is 6. The smallest absolute Gasteiger partial charge is 0.306 e. The van der Waals surface area contributed by atoms with Crippen molar-refractivity contribution in [2.75, 3.05) is 18.6 Å². The van der Waals surface area contributed by atoms with E-state index in [1.54, 1.807) is 0 Å². The van der Waals surface area contributed by atoms with Crippen LogP contribution in [-0.2, 0) is 24.3 Å². The SMILES string of the molecule is COC(=O)CCS[C@H](C)CC(=O)N1[C@@H]2C[C@H]3CC[C@]2(CS1(=O)=O)C3(C)C. The fourth-order valence-electron chi connectivity index (χ4n) is 5.46. The first-order valence-corrected chi connectivity index (χ1v) is 11.9. The van der Waals surface area contributed by atoms with Gasteiger partial charge in [0, 0.05) is 22.8 Å². The summed E-state index contributed by atoms with van der Waals surface area (Å²) in [6, 6.07) is -0.166. The zero-order valence-electron chi connectivity index (χ0n) is 16.0. The molecular formula is C18H29NO5S2. The van der Waals surface area contributed by atoms with Gasteiger partial charge in [-0.1, -0.05) is 20.8 Å². The van der Waals surface area contributed by atoms with Crippen LogP contribution in [0.5, 0.6) is 0 Å². The minimum Gasteiger partial charge on any atom is -0.469 e. The van der Waals surface area contributed by atoms with E-state index in [-0.39, 0.29) is 46.2 Å². The summed E-state index contributed by atoms with van der Waals surface area (Å²) < 4.78 is 31.5. The first kappa shape index (κ1) is 20.0. The second kappa shape index (κ2) is 6.69. The highest BCUT2D eigenvalue weighted by molar-refractivity contribution is 7.99. The molecule has 6 nitrogen and oxygen atoms in total. The van der Waals surface area contributed by atoms with Crippen molar-refractivity contribution < 1.29 is 22.7 Å². The third kappa shape index (κ3) is 2.97. The third-order valence-corrected chi connectivity index (χ3v) is 10.2. The number of hydrogen-bond donors (Lipinski definition) is 0. The fraction of sp³-hybridized carbons (Fsp3) is 0.889. The lowest BCUT2D eigenvalue weighted by Crippen LogP contribution is -2.44. The van der Waals surface area contributed by atoms with Crippen LogP contribution in [-0.4, -0.2) is 54.5 Å². The molecule has 0 radical (unpaired) electrons. The number of fused-ring (bicyclic) bond motifs is 1. The topological polar surface area (TPSA) is 80.8 Å². The molecule has 0 unspecified atom stereocenters. The summed E-state index contributed by atoms with van der Waals surface area (Å²) in [5.74, 6) is 0.628. The van der Waals surface area contributed by atoms with E-state index in [2.05, 4.69) is 18.6 Å². The molecule has 2 saturated carbocycles. The van der Waals surface area contributed by atoms with E-state index in [0.717, 1.165) is 19.3 Å². The summed E-state index contributed by atoms with van der Waals surface area (Å²) in [7, 11) is -2.19. The van der Waals surface area contributed by atoms with Crippen LogP contribution in [0, 0.1) is 16.7 Å². The maximum absolute atomic E-state index is 12.9. The average molecular weight is 404 g/mol. The molecule has 1 heterocycles. The van der Waals surface area contributed by atoms with Gasteiger partial charge in [0.2, 0.25) is 15.9 Å². The van der Waals surface area contributed by atoms with Gasteiger partial charge < -0.3 is 4.74 Å². The Labute approximate surface area is 160 Å². The Hall–Kier alpha value is -0.760. The lowest BCUT2D eigenvalue weighted by Gasteiger charge is -2.37. The van der Waals surface area contributed by atoms with Gasteiger partial charge in [0.1, 0.15) is 0 Å². The maximum Gasteiger partial charge on any atom is 0.306 e. The molecule has 3 aliphatic rings. The minimum atomic E-state index is -3.54. The van der Waals surface area contributed by atoms with Crippen LogP contribution < -0.4 is 0 Å². The Balaban J connectivity index is 1.67. The zero-order valence-corrected chi connectivity index (χ0v) is 17.6. The molecule has 0 N–H and O–H groups in total. The van der Waals surface area contributed by atoms with Gasteiger partial charge >= 0.3 is 5.97 Å². The van der Waals surface area contributed by atoms with Gasteiger partial charge in [0.05, 0.1) is 25.3 Å². The van der Waals surface area contributed by atoms with Crippen LogP contribution in [0.3, 0.4) is 0 Å². The number of carbonyl (C=O) groups is 2. The molecule has 2 aliphatic carbocycles. The summed E-state index contributed by atoms with van der Waals surface area (Å²) in [4.78, 5) is 24.1. The molecule has 0 aromatic carbocycles. The van der Waals surface area contributed by atoms with E-state index < -0.39 is 10.0 Å². The number of esters is 1. The maximum atomic E-state index is 12.9. The van der Waals surface area contributed by atoms with Gasteiger partial charge in [0.25, 0.3) is 0 Å². The number of nitrogens with zero attached hydrogens (tertiary/aromatic N) is 1. The molecule has 2 bridgehead atoms. The highest BCUT2D eigenvalue weighted by Crippen LogP contribution is 2.70. The number of sulfonamides is 1. The van der Waals surface area contributed by atoms with Gasteiger partial charge in [-0.15, -0.1) is 0 Å². The lowest BCUT2D eigenvalue weighted by atomic mass is 9.69. The molecule has 148 valence electrons. The van der Waals surface area contributed by atoms with Crippen LogP contribution >= 0.6 is 11.8 Å². The average Bonchev–Trinajstić information content (AvgIpc) is 3.01. The number of ether oxygens (including phenoxy) is 1. The van der Waals surface area contributed by atoms with Gasteiger partial charge in [-0.05, 0) is 30.6 Å². The Morgan fingerprint density at radius 1 is 1.35 bits per heavy atom. The summed E-state index contributed by atoms with van der Waals surface area (Å²) >= 11 is 1.50. The summed E-state index contributed by atoms with van der Waals surface area (Å²) in [6.45, 7) is 6.27. The molecule has 3 fully saturated rings. The number of carbonyl (C=O) groups excluding carboxylic acids is 2. The molecule has 1 spiro atoms. The van der Waals surface area contributed by atoms with Crippen molar-refractivity contribution in [2.45, 2.75) is 64.2 Å². The molecule has 1 aliphatic heterocycles. The molecule has 0 aromatic rings. The Bertz CT molecular complexity index is 704. The highest BCUT2D eigenvalue weighted by Gasteiger charge is 2.72. The molecule has 3 rings (SSSR count). The standard InChI is InChI=1S/C18H29NO5S2/c1-12(25-8-6-16(21)24-4)9-15(20)19-14-10-13-5-7-18(14,17(13,2)3)11-26(19,22)23/h12-14H,5-11H2,1-4H3/t12-,13-,14-,18-/m1/s1. The normalized spacial score (nSPS) is 34.5. The molecule has 26 heavy (non-hydrogen) atoms. The first-order valence-electron chi connectivity index (χ1n) is 9.28. The van der Waals surface area contributed by atoms with Gasteiger partial charge in [-0.3, -0.25) is 9.59 Å². The van der Waals surface area contributed by atoms with E-state index in [1.165, 1.54) is 23.2 Å². The first-order chi connectivity index (χ1) is 12.0. The highest BCUT2D eigenvalue weighted by atomic mass is 32.2. The Kier molecular flexibility index (Phi) is 5.14. The molecule has 1 amide bonds. The van der Waals surface area contributed by atoms with Crippen molar-refractivity contribution in [3.8, 4) is 0 Å². The molecule has 0 aromatic heterocycles. The Morgan fingerprint density at radius 3 is 2.65 bits per heavy atom. The largest absolute Gasteiger partial charge is 0.469 e. The number of methoxy groups -OCH3 is 1. The van der Waals surface area contributed by atoms with Crippen molar-refractivity contribution in [2.24, 2.45) is 16.7 Å². The van der Waals surface area contributed by atoms with E-state index in [1.807, 2.05) is 6.92 Å². The van der Waals surface area contributed by atoms with E-state index in [0.29, 0.717) is 18.1 Å². The quantitative estimate of drug-likeness (QED) is 0.634. The summed E-state index contributed by atoms with van der Waals surface area (Å²) in [5.41, 5.74) is -0.298. The van der Waals surface area contributed by atoms with Gasteiger partial charge in [0.15, 0.2) is 0 Å². The lowest BCUT2D eigenvalue weighted by molar-refractivity contribution is -0.140. The van der Waals surface area contributed by atoms with E-state index >= 15 is 0 Å². The molecule has 1 saturated heterocycles. The minimum absolute atomic E-state index is 0.0271. The summed E-state index contributed by atoms with van der Waals surface area (Å²) in [6.07, 6.45) is 3.26. The molecule has 8 heteroatoms. The Morgan fingerprint density at radius 2 is 2.04 bits per heavy atom. The second-order valence-electron chi connectivity index (χ2n) is 8.52. The van der Waals surface area contributed by atoms with Crippen molar-refractivity contribution in [3.05, 3.63) is 0 Å². The van der Waals surface area contributed by atoms with Crippen LogP contribution in [0.1, 0.15) is 52.9 Å². The third-order valence-electron chi connectivity index (χ3n) is 7.06. The van der Waals surface area contributed by atoms with Crippen LogP contribution in [0.2, 0.25) is 0 Å². The van der Waals surface area contributed by atoms with Crippen molar-refractivity contribution >= 4 is 33.7 Å². The summed E-state index contributed by atoms with van der Waals surface area (Å²) in [5, 5.41) is -0.0366. The predicted molar refractivity (Wildman–Crippen MR) is 101 cm³/mol. The van der Waals surface area contributed by atoms with Crippen molar-refractivity contribution in [1.29, 1.82) is 0 Å². The van der Waals surface area contributed by atoms with E-state index in [4.69, 9.17) is 0 Å². The van der Waals surface area contributed by atoms with E-state index in [9.17, 15) is 18.0 Å². The second-order valence-corrected chi connectivity index (χ2v) is 11.9. The van der Waals surface area contributed by atoms with Crippen LogP contribution in [0.4, 0.5) is 0 Å². The number of amides is 1. The molecular weight excluding hydrogens is 374 g/mol. The number of hydrogen-bond acceptors (Lipinski definition) is 6. The fourth-order valence-corrected chi connectivity index (χ4v) is 8.96. The molecule has 4 atom stereocenters. The van der Waals surface area contributed by atoms with Crippen LogP contribution in [0.25, 0.3) is 0 Å². The zero-order chi connectivity index (χ0) is 19.3. The van der Waals surface area contributed by atoms with Crippen molar-refractivity contribution in [1.82, 2.24) is 4.31 Å². The number of thioether (sulfide) groups is 1. The van der Waals surface area contributed by atoms with Crippen molar-refractivity contribution in [3.63, 3.8) is 0 Å². The monoisotopic (exact) mass is 403 g/mol. The van der Waals surface area contributed by atoms with Gasteiger partial charge in [-0.25, -0.2) is 12.7 Å². The van der Waals surface area contributed by atoms with Crippen LogP contribution in [0.15, 0.2) is 0 Å². The predicted octanol–water partition coefficient (Wildman–Crippen LogP) is 2.43. The van der Waals surface area contributed by atoms with Gasteiger partial charge in [-0.2, -0.15) is 11.8 Å².